The second kappa shape index (κ2) is 5.70. The third-order valence-electron chi connectivity index (χ3n) is 1.77. The van der Waals surface area contributed by atoms with Gasteiger partial charge < -0.3 is 0 Å². The molecule has 0 aliphatic rings. The summed E-state index contributed by atoms with van der Waals surface area (Å²) >= 11 is 0. The average Bonchev–Trinajstić information content (AvgIpc) is 2.14. The standard InChI is InChI=1S/C10H15N2/c1-2-3-4-5-7-10-11-8-6-9-12-10/h6,8-9H,1-5,7H2. The van der Waals surface area contributed by atoms with Crippen LogP contribution in [0.3, 0.4) is 0 Å². The summed E-state index contributed by atoms with van der Waals surface area (Å²) in [6.45, 7) is 3.80. The summed E-state index contributed by atoms with van der Waals surface area (Å²) in [5.41, 5.74) is 0. The minimum atomic E-state index is 0.960. The smallest absolute Gasteiger partial charge is 0.128 e. The first kappa shape index (κ1) is 9.17. The van der Waals surface area contributed by atoms with E-state index in [2.05, 4.69) is 16.9 Å². The Labute approximate surface area is 74.1 Å². The Hall–Kier alpha value is -0.920. The lowest BCUT2D eigenvalue weighted by molar-refractivity contribution is 0.668. The van der Waals surface area contributed by atoms with Gasteiger partial charge in [0.05, 0.1) is 0 Å². The molecule has 1 rings (SSSR count). The zero-order valence-electron chi connectivity index (χ0n) is 7.37. The van der Waals surface area contributed by atoms with Gasteiger partial charge in [-0.05, 0) is 12.5 Å². The highest BCUT2D eigenvalue weighted by atomic mass is 14.8. The van der Waals surface area contributed by atoms with E-state index < -0.39 is 0 Å². The molecule has 1 aromatic rings. The molecule has 0 aliphatic heterocycles. The maximum absolute atomic E-state index is 4.15. The van der Waals surface area contributed by atoms with Gasteiger partial charge in [-0.2, -0.15) is 0 Å². The van der Waals surface area contributed by atoms with Crippen LogP contribution in [-0.2, 0) is 6.42 Å². The number of unbranched alkanes of at least 4 members (excludes halogenated alkanes) is 3. The molecule has 0 saturated carbocycles. The van der Waals surface area contributed by atoms with Gasteiger partial charge in [-0.15, -0.1) is 0 Å². The van der Waals surface area contributed by atoms with Gasteiger partial charge in [-0.1, -0.05) is 26.2 Å². The summed E-state index contributed by atoms with van der Waals surface area (Å²) in [4.78, 5) is 8.30. The molecule has 0 saturated heterocycles. The monoisotopic (exact) mass is 163 g/mol. The summed E-state index contributed by atoms with van der Waals surface area (Å²) in [6.07, 6.45) is 9.26. The average molecular weight is 163 g/mol. The van der Waals surface area contributed by atoms with E-state index in [1.54, 1.807) is 12.4 Å². The Bertz CT molecular complexity index is 196. The molecular formula is C10H15N2. The number of rotatable bonds is 5. The molecule has 0 atom stereocenters. The number of aryl methyl sites for hydroxylation is 1. The fourth-order valence-corrected chi connectivity index (χ4v) is 1.10. The van der Waals surface area contributed by atoms with E-state index >= 15 is 0 Å². The summed E-state index contributed by atoms with van der Waals surface area (Å²) in [5, 5.41) is 0. The van der Waals surface area contributed by atoms with Crippen molar-refractivity contribution in [2.24, 2.45) is 0 Å². The van der Waals surface area contributed by atoms with Crippen LogP contribution in [-0.4, -0.2) is 9.97 Å². The third kappa shape index (κ3) is 3.46. The van der Waals surface area contributed by atoms with Crippen molar-refractivity contribution in [1.29, 1.82) is 0 Å². The van der Waals surface area contributed by atoms with Crippen molar-refractivity contribution in [2.75, 3.05) is 0 Å². The SMILES string of the molecule is [CH2]CCCCCc1ncccn1. The number of aromatic nitrogens is 2. The third-order valence-corrected chi connectivity index (χ3v) is 1.77. The molecule has 0 aromatic carbocycles. The first-order valence-corrected chi connectivity index (χ1v) is 4.48. The minimum Gasteiger partial charge on any atom is -0.241 e. The maximum atomic E-state index is 4.15. The van der Waals surface area contributed by atoms with Crippen LogP contribution in [0, 0.1) is 6.92 Å². The molecule has 0 aliphatic carbocycles. The van der Waals surface area contributed by atoms with Gasteiger partial charge in [0.15, 0.2) is 0 Å². The summed E-state index contributed by atoms with van der Waals surface area (Å²) in [6, 6.07) is 1.85. The van der Waals surface area contributed by atoms with Crippen LogP contribution in [0.15, 0.2) is 18.5 Å². The van der Waals surface area contributed by atoms with Gasteiger partial charge in [0.1, 0.15) is 5.82 Å². The lowest BCUT2D eigenvalue weighted by atomic mass is 10.1. The molecule has 12 heavy (non-hydrogen) atoms. The molecule has 0 spiro atoms. The molecule has 1 heterocycles. The second-order valence-electron chi connectivity index (χ2n) is 2.83. The normalized spacial score (nSPS) is 10.1. The van der Waals surface area contributed by atoms with Crippen LogP contribution in [0.4, 0.5) is 0 Å². The maximum Gasteiger partial charge on any atom is 0.128 e. The molecule has 0 fully saturated rings. The Morgan fingerprint density at radius 3 is 2.50 bits per heavy atom. The van der Waals surface area contributed by atoms with Crippen LogP contribution in [0.1, 0.15) is 31.5 Å². The van der Waals surface area contributed by atoms with Gasteiger partial charge in [0.25, 0.3) is 0 Å². The van der Waals surface area contributed by atoms with E-state index in [9.17, 15) is 0 Å². The van der Waals surface area contributed by atoms with Crippen LogP contribution in [0.5, 0.6) is 0 Å². The lowest BCUT2D eigenvalue weighted by Gasteiger charge is -1.97. The van der Waals surface area contributed by atoms with E-state index in [1.807, 2.05) is 6.07 Å². The Morgan fingerprint density at radius 2 is 1.83 bits per heavy atom. The highest BCUT2D eigenvalue weighted by Crippen LogP contribution is 2.02. The first-order chi connectivity index (χ1) is 5.93. The fourth-order valence-electron chi connectivity index (χ4n) is 1.10. The van der Waals surface area contributed by atoms with Crippen molar-refractivity contribution in [3.63, 3.8) is 0 Å². The first-order valence-electron chi connectivity index (χ1n) is 4.48. The van der Waals surface area contributed by atoms with Gasteiger partial charge in [0.2, 0.25) is 0 Å². The Morgan fingerprint density at radius 1 is 1.08 bits per heavy atom. The van der Waals surface area contributed by atoms with E-state index in [0.29, 0.717) is 0 Å². The number of hydrogen-bond donors (Lipinski definition) is 0. The molecule has 0 N–H and O–H groups in total. The molecular weight excluding hydrogens is 148 g/mol. The van der Waals surface area contributed by atoms with Crippen molar-refractivity contribution in [3.05, 3.63) is 31.2 Å². The van der Waals surface area contributed by atoms with Crippen molar-refractivity contribution in [2.45, 2.75) is 32.1 Å². The molecule has 1 radical (unpaired) electrons. The fraction of sp³-hybridized carbons (Fsp3) is 0.500. The van der Waals surface area contributed by atoms with Crippen molar-refractivity contribution in [3.8, 4) is 0 Å². The predicted octanol–water partition coefficient (Wildman–Crippen LogP) is 2.41. The summed E-state index contributed by atoms with van der Waals surface area (Å²) in [5.74, 6) is 0.960. The Kier molecular flexibility index (Phi) is 4.35. The summed E-state index contributed by atoms with van der Waals surface area (Å²) in [7, 11) is 0. The topological polar surface area (TPSA) is 25.8 Å². The van der Waals surface area contributed by atoms with Crippen LogP contribution < -0.4 is 0 Å². The molecule has 65 valence electrons. The molecule has 0 bridgehead atoms. The zero-order valence-corrected chi connectivity index (χ0v) is 7.37. The molecule has 0 amide bonds. The molecule has 2 heteroatoms. The highest BCUT2D eigenvalue weighted by Gasteiger charge is 1.93. The predicted molar refractivity (Wildman–Crippen MR) is 49.6 cm³/mol. The van der Waals surface area contributed by atoms with Gasteiger partial charge in [0, 0.05) is 18.8 Å². The molecule has 2 nitrogen and oxygen atoms in total. The molecule has 1 aromatic heterocycles. The summed E-state index contributed by atoms with van der Waals surface area (Å²) < 4.78 is 0. The Balaban J connectivity index is 2.16. The minimum absolute atomic E-state index is 0.960. The van der Waals surface area contributed by atoms with Crippen molar-refractivity contribution >= 4 is 0 Å². The van der Waals surface area contributed by atoms with Crippen LogP contribution >= 0.6 is 0 Å². The van der Waals surface area contributed by atoms with E-state index in [0.717, 1.165) is 18.7 Å². The van der Waals surface area contributed by atoms with E-state index in [1.165, 1.54) is 19.3 Å². The number of nitrogens with zero attached hydrogens (tertiary/aromatic N) is 2. The van der Waals surface area contributed by atoms with Gasteiger partial charge in [-0.25, -0.2) is 9.97 Å². The van der Waals surface area contributed by atoms with E-state index in [-0.39, 0.29) is 0 Å². The quantitative estimate of drug-likeness (QED) is 0.623. The van der Waals surface area contributed by atoms with Crippen LogP contribution in [0.2, 0.25) is 0 Å². The van der Waals surface area contributed by atoms with E-state index in [4.69, 9.17) is 0 Å². The lowest BCUT2D eigenvalue weighted by Crippen LogP contribution is -1.92. The van der Waals surface area contributed by atoms with Crippen LogP contribution in [0.25, 0.3) is 0 Å². The number of hydrogen-bond acceptors (Lipinski definition) is 2. The van der Waals surface area contributed by atoms with Crippen molar-refractivity contribution in [1.82, 2.24) is 9.97 Å². The van der Waals surface area contributed by atoms with Gasteiger partial charge >= 0.3 is 0 Å². The van der Waals surface area contributed by atoms with Crippen molar-refractivity contribution < 1.29 is 0 Å². The zero-order chi connectivity index (χ0) is 8.65. The second-order valence-corrected chi connectivity index (χ2v) is 2.83. The van der Waals surface area contributed by atoms with Gasteiger partial charge in [-0.3, -0.25) is 0 Å². The molecule has 0 unspecified atom stereocenters. The largest absolute Gasteiger partial charge is 0.241 e. The highest BCUT2D eigenvalue weighted by molar-refractivity contribution is 4.88.